The van der Waals surface area contributed by atoms with Crippen LogP contribution in [0.4, 0.5) is 0 Å². The van der Waals surface area contributed by atoms with E-state index < -0.39 is 0 Å². The van der Waals surface area contributed by atoms with Crippen molar-refractivity contribution in [3.8, 4) is 5.75 Å². The molecule has 0 amide bonds. The van der Waals surface area contributed by atoms with Gasteiger partial charge in [-0.2, -0.15) is 9.46 Å². The Labute approximate surface area is 92.7 Å². The summed E-state index contributed by atoms with van der Waals surface area (Å²) in [6.07, 6.45) is 0. The zero-order chi connectivity index (χ0) is 11.9. The molecule has 0 aliphatic rings. The van der Waals surface area contributed by atoms with Crippen LogP contribution in [0.25, 0.3) is 11.0 Å². The Morgan fingerprint density at radius 1 is 1.00 bits per heavy atom. The first-order valence-corrected chi connectivity index (χ1v) is 4.86. The summed E-state index contributed by atoms with van der Waals surface area (Å²) < 4.78 is 6.54. The van der Waals surface area contributed by atoms with Gasteiger partial charge in [-0.1, -0.05) is 0 Å². The summed E-state index contributed by atoms with van der Waals surface area (Å²) in [6.45, 7) is 3.25. The molecule has 1 aromatic carbocycles. The van der Waals surface area contributed by atoms with E-state index in [4.69, 9.17) is 4.74 Å². The number of rotatable bonds is 1. The molecular weight excluding hydrogens is 208 g/mol. The summed E-state index contributed by atoms with van der Waals surface area (Å²) >= 11 is 0. The summed E-state index contributed by atoms with van der Waals surface area (Å²) in [4.78, 5) is 0. The van der Waals surface area contributed by atoms with Crippen LogP contribution in [-0.4, -0.2) is 7.11 Å². The number of hydrogen-bond donors (Lipinski definition) is 0. The maximum atomic E-state index is 11.9. The second-order valence-electron chi connectivity index (χ2n) is 3.61. The van der Waals surface area contributed by atoms with Gasteiger partial charge >= 0.3 is 0 Å². The Kier molecular flexibility index (Phi) is 2.30. The van der Waals surface area contributed by atoms with E-state index >= 15 is 0 Å². The molecule has 0 saturated carbocycles. The van der Waals surface area contributed by atoms with Crippen molar-refractivity contribution in [1.82, 2.24) is 0 Å². The highest BCUT2D eigenvalue weighted by Crippen LogP contribution is 2.16. The zero-order valence-electron chi connectivity index (χ0n) is 9.35. The number of aromatic nitrogens is 2. The molecule has 0 bridgehead atoms. The first-order chi connectivity index (χ1) is 7.56. The van der Waals surface area contributed by atoms with Gasteiger partial charge in [0, 0.05) is 19.9 Å². The predicted molar refractivity (Wildman–Crippen MR) is 57.9 cm³/mol. The molecule has 0 spiro atoms. The molecule has 0 unspecified atom stereocenters. The van der Waals surface area contributed by atoms with Crippen molar-refractivity contribution in [3.05, 3.63) is 40.0 Å². The Hall–Kier alpha value is -2.04. The second kappa shape index (κ2) is 3.52. The largest absolute Gasteiger partial charge is 0.618 e. The number of methoxy groups -OCH3 is 1. The van der Waals surface area contributed by atoms with Gasteiger partial charge in [0.05, 0.1) is 13.2 Å². The molecule has 0 aliphatic heterocycles. The van der Waals surface area contributed by atoms with E-state index in [0.29, 0.717) is 28.2 Å². The van der Waals surface area contributed by atoms with Crippen LogP contribution >= 0.6 is 0 Å². The standard InChI is InChI=1S/C11H12N2O3/c1-7-8(2)13(15)11-6-9(16-3)4-5-10(11)12(7)14/h4-6H,1-3H3. The lowest BCUT2D eigenvalue weighted by atomic mass is 10.2. The fourth-order valence-corrected chi connectivity index (χ4v) is 1.62. The summed E-state index contributed by atoms with van der Waals surface area (Å²) in [5, 5.41) is 23.7. The fourth-order valence-electron chi connectivity index (χ4n) is 1.62. The SMILES string of the molecule is COc1ccc2c(c1)[n+]([O-])c(C)c(C)[n+]2[O-]. The molecule has 0 fully saturated rings. The minimum absolute atomic E-state index is 0.317. The normalized spacial score (nSPS) is 10.7. The van der Waals surface area contributed by atoms with Gasteiger partial charge in [0.15, 0.2) is 0 Å². The van der Waals surface area contributed by atoms with E-state index in [-0.39, 0.29) is 0 Å². The molecule has 0 atom stereocenters. The third-order valence-electron chi connectivity index (χ3n) is 2.75. The van der Waals surface area contributed by atoms with E-state index in [1.807, 2.05) is 0 Å². The minimum Gasteiger partial charge on any atom is -0.618 e. The maximum absolute atomic E-state index is 11.9. The topological polar surface area (TPSA) is 63.1 Å². The first kappa shape index (κ1) is 10.5. The Balaban J connectivity index is 2.91. The lowest BCUT2D eigenvalue weighted by Gasteiger charge is -2.09. The molecule has 1 aromatic heterocycles. The highest BCUT2D eigenvalue weighted by atomic mass is 16.5. The highest BCUT2D eigenvalue weighted by Gasteiger charge is 2.21. The molecule has 0 saturated heterocycles. The highest BCUT2D eigenvalue weighted by molar-refractivity contribution is 5.70. The van der Waals surface area contributed by atoms with E-state index in [0.717, 1.165) is 9.46 Å². The molecule has 1 heterocycles. The van der Waals surface area contributed by atoms with Crippen molar-refractivity contribution >= 4 is 11.0 Å². The van der Waals surface area contributed by atoms with Crippen molar-refractivity contribution in [2.45, 2.75) is 13.8 Å². The van der Waals surface area contributed by atoms with Gasteiger partial charge in [0.2, 0.25) is 0 Å². The Morgan fingerprint density at radius 2 is 1.56 bits per heavy atom. The fraction of sp³-hybridized carbons (Fsp3) is 0.273. The maximum Gasteiger partial charge on any atom is 0.294 e. The molecule has 16 heavy (non-hydrogen) atoms. The average Bonchev–Trinajstić information content (AvgIpc) is 2.33. The molecule has 2 rings (SSSR count). The van der Waals surface area contributed by atoms with Crippen LogP contribution in [0.3, 0.4) is 0 Å². The zero-order valence-corrected chi connectivity index (χ0v) is 9.35. The third-order valence-corrected chi connectivity index (χ3v) is 2.75. The van der Waals surface area contributed by atoms with E-state index in [9.17, 15) is 10.4 Å². The van der Waals surface area contributed by atoms with Gasteiger partial charge in [-0.15, -0.1) is 0 Å². The van der Waals surface area contributed by atoms with Crippen molar-refractivity contribution in [2.75, 3.05) is 7.11 Å². The second-order valence-corrected chi connectivity index (χ2v) is 3.61. The van der Waals surface area contributed by atoms with Crippen LogP contribution in [0.5, 0.6) is 5.75 Å². The van der Waals surface area contributed by atoms with Gasteiger partial charge in [-0.25, -0.2) is 0 Å². The van der Waals surface area contributed by atoms with E-state index in [1.165, 1.54) is 7.11 Å². The van der Waals surface area contributed by atoms with Gasteiger partial charge in [-0.05, 0) is 6.07 Å². The van der Waals surface area contributed by atoms with Crippen molar-refractivity contribution < 1.29 is 14.2 Å². The average molecular weight is 220 g/mol. The smallest absolute Gasteiger partial charge is 0.294 e. The molecule has 0 aliphatic carbocycles. The summed E-state index contributed by atoms with van der Waals surface area (Å²) in [6, 6.07) is 4.80. The molecule has 5 nitrogen and oxygen atoms in total. The molecule has 84 valence electrons. The van der Waals surface area contributed by atoms with Crippen molar-refractivity contribution in [2.24, 2.45) is 0 Å². The van der Waals surface area contributed by atoms with Gasteiger partial charge in [0.1, 0.15) is 5.75 Å². The summed E-state index contributed by atoms with van der Waals surface area (Å²) in [7, 11) is 1.52. The molecule has 2 aromatic rings. The van der Waals surface area contributed by atoms with Crippen molar-refractivity contribution in [1.29, 1.82) is 0 Å². The van der Waals surface area contributed by atoms with Crippen molar-refractivity contribution in [3.63, 3.8) is 0 Å². The lowest BCUT2D eigenvalue weighted by Crippen LogP contribution is -2.43. The predicted octanol–water partition coefficient (Wildman–Crippen LogP) is 0.732. The van der Waals surface area contributed by atoms with Gasteiger partial charge in [-0.3, -0.25) is 0 Å². The van der Waals surface area contributed by atoms with Crippen LogP contribution in [0.15, 0.2) is 18.2 Å². The summed E-state index contributed by atoms with van der Waals surface area (Å²) in [5.74, 6) is 0.556. The van der Waals surface area contributed by atoms with Crippen LogP contribution in [0.2, 0.25) is 0 Å². The van der Waals surface area contributed by atoms with E-state index in [1.54, 1.807) is 32.0 Å². The lowest BCUT2D eigenvalue weighted by molar-refractivity contribution is -0.638. The number of benzene rings is 1. The van der Waals surface area contributed by atoms with Gasteiger partial charge in [0.25, 0.3) is 22.4 Å². The Morgan fingerprint density at radius 3 is 2.12 bits per heavy atom. The molecule has 0 radical (unpaired) electrons. The number of hydrogen-bond acceptors (Lipinski definition) is 3. The van der Waals surface area contributed by atoms with E-state index in [2.05, 4.69) is 0 Å². The number of ether oxygens (including phenoxy) is 1. The van der Waals surface area contributed by atoms with Crippen LogP contribution in [-0.2, 0) is 0 Å². The molecular formula is C11H12N2O3. The van der Waals surface area contributed by atoms with Gasteiger partial charge < -0.3 is 15.2 Å². The number of nitrogens with zero attached hydrogens (tertiary/aromatic N) is 2. The van der Waals surface area contributed by atoms with Crippen LogP contribution < -0.4 is 14.2 Å². The first-order valence-electron chi connectivity index (χ1n) is 4.86. The van der Waals surface area contributed by atoms with Crippen LogP contribution in [0.1, 0.15) is 11.4 Å². The Bertz CT molecular complexity index is 567. The number of fused-ring (bicyclic) bond motifs is 1. The monoisotopic (exact) mass is 220 g/mol. The third kappa shape index (κ3) is 1.32. The molecule has 5 heteroatoms. The van der Waals surface area contributed by atoms with Crippen LogP contribution in [0, 0.1) is 24.3 Å². The minimum atomic E-state index is 0.317. The quantitative estimate of drug-likeness (QED) is 0.525. The summed E-state index contributed by atoms with van der Waals surface area (Å²) in [5.41, 5.74) is 1.47. The molecule has 0 N–H and O–H groups in total.